The molecule has 5 aliphatic rings. The van der Waals surface area contributed by atoms with Gasteiger partial charge in [0.2, 0.25) is 0 Å². The lowest BCUT2D eigenvalue weighted by atomic mass is 9.60. The molecule has 0 saturated carbocycles. The molecule has 2 heteroatoms. The van der Waals surface area contributed by atoms with Gasteiger partial charge in [-0.1, -0.05) is 218 Å². The summed E-state index contributed by atoms with van der Waals surface area (Å²) >= 11 is 0. The zero-order chi connectivity index (χ0) is 44.2. The second-order valence-corrected chi connectivity index (χ2v) is 18.8. The molecule has 0 amide bonds. The molecule has 10 aromatic carbocycles. The largest absolute Gasteiger partial charge is 0.289 e. The van der Waals surface area contributed by atoms with Crippen LogP contribution in [0.25, 0.3) is 33.4 Å². The number of ketones is 2. The van der Waals surface area contributed by atoms with Crippen LogP contribution < -0.4 is 0 Å². The molecule has 0 heterocycles. The van der Waals surface area contributed by atoms with Crippen molar-refractivity contribution in [1.29, 1.82) is 0 Å². The monoisotopic (exact) mass is 850 g/mol. The first kappa shape index (κ1) is 36.8. The molecule has 0 atom stereocenters. The predicted octanol–water partition coefficient (Wildman–Crippen LogP) is 13.9. The molecule has 67 heavy (non-hydrogen) atoms. The van der Waals surface area contributed by atoms with E-state index in [0.717, 1.165) is 44.5 Å². The van der Waals surface area contributed by atoms with Crippen LogP contribution in [0.2, 0.25) is 0 Å². The third-order valence-electron chi connectivity index (χ3n) is 16.2. The summed E-state index contributed by atoms with van der Waals surface area (Å²) in [5.74, 6) is 0.147. The van der Waals surface area contributed by atoms with E-state index < -0.39 is 16.2 Å². The van der Waals surface area contributed by atoms with Crippen molar-refractivity contribution >= 4 is 11.6 Å². The highest BCUT2D eigenvalue weighted by Crippen LogP contribution is 2.64. The number of fused-ring (bicyclic) bond motifs is 21. The van der Waals surface area contributed by atoms with Crippen LogP contribution in [-0.4, -0.2) is 11.6 Å². The normalized spacial score (nSPS) is 15.9. The van der Waals surface area contributed by atoms with Crippen LogP contribution in [0.1, 0.15) is 98.6 Å². The molecule has 310 valence electrons. The lowest BCUT2D eigenvalue weighted by Gasteiger charge is -2.40. The van der Waals surface area contributed by atoms with Gasteiger partial charge in [0, 0.05) is 22.3 Å². The Balaban J connectivity index is 1.04. The lowest BCUT2D eigenvalue weighted by molar-refractivity contribution is 0.102. The molecular weight excluding hydrogens is 813 g/mol. The van der Waals surface area contributed by atoms with Crippen LogP contribution >= 0.6 is 0 Å². The summed E-state index contributed by atoms with van der Waals surface area (Å²) in [6.45, 7) is 0. The van der Waals surface area contributed by atoms with Gasteiger partial charge in [0.15, 0.2) is 11.6 Å². The summed E-state index contributed by atoms with van der Waals surface area (Å²) in [5, 5.41) is 0. The minimum Gasteiger partial charge on any atom is -0.289 e. The van der Waals surface area contributed by atoms with Gasteiger partial charge in [0.25, 0.3) is 0 Å². The Morgan fingerprint density at radius 3 is 0.701 bits per heavy atom. The van der Waals surface area contributed by atoms with E-state index in [1.807, 2.05) is 48.5 Å². The van der Waals surface area contributed by atoms with Gasteiger partial charge in [-0.3, -0.25) is 9.59 Å². The number of rotatable bonds is 2. The number of carbonyl (C=O) groups excluding carboxylic acids is 2. The van der Waals surface area contributed by atoms with Crippen molar-refractivity contribution in [2.45, 2.75) is 16.2 Å². The Hall–Kier alpha value is -8.46. The molecule has 15 rings (SSSR count). The Labute approximate surface area is 388 Å². The average Bonchev–Trinajstić information content (AvgIpc) is 3.98. The van der Waals surface area contributed by atoms with E-state index in [2.05, 4.69) is 182 Å². The molecule has 10 aromatic rings. The number of hydrogen-bond acceptors (Lipinski definition) is 2. The van der Waals surface area contributed by atoms with Gasteiger partial charge in [-0.2, -0.15) is 0 Å². The van der Waals surface area contributed by atoms with Gasteiger partial charge < -0.3 is 0 Å². The molecule has 0 aromatic heterocycles. The van der Waals surface area contributed by atoms with Gasteiger partial charge in [-0.05, 0) is 112 Å². The molecule has 2 spiro atoms. The third-order valence-corrected chi connectivity index (χ3v) is 16.2. The van der Waals surface area contributed by atoms with Crippen molar-refractivity contribution < 1.29 is 9.59 Å². The zero-order valence-corrected chi connectivity index (χ0v) is 36.3. The van der Waals surface area contributed by atoms with Crippen molar-refractivity contribution in [1.82, 2.24) is 0 Å². The Bertz CT molecular complexity index is 3530. The molecule has 0 bridgehead atoms. The van der Waals surface area contributed by atoms with Crippen molar-refractivity contribution in [3.8, 4) is 33.4 Å². The fraction of sp³-hybridized carbons (Fsp3) is 0.0462. The smallest absolute Gasteiger partial charge is 0.193 e. The molecule has 0 unspecified atom stereocenters. The molecule has 0 N–H and O–H groups in total. The fourth-order valence-corrected chi connectivity index (χ4v) is 13.8. The van der Waals surface area contributed by atoms with Crippen LogP contribution in [-0.2, 0) is 16.2 Å². The lowest BCUT2D eigenvalue weighted by Crippen LogP contribution is -2.36. The maximum atomic E-state index is 14.3. The van der Waals surface area contributed by atoms with E-state index in [0.29, 0.717) is 0 Å². The average molecular weight is 851 g/mol. The highest BCUT2D eigenvalue weighted by atomic mass is 16.1. The summed E-state index contributed by atoms with van der Waals surface area (Å²) in [7, 11) is 0. The van der Waals surface area contributed by atoms with Gasteiger partial charge in [-0.25, -0.2) is 0 Å². The third kappa shape index (κ3) is 4.20. The summed E-state index contributed by atoms with van der Waals surface area (Å²) in [5.41, 5.74) is 21.9. The van der Waals surface area contributed by atoms with Crippen LogP contribution in [0.4, 0.5) is 0 Å². The van der Waals surface area contributed by atoms with E-state index in [9.17, 15) is 9.59 Å². The van der Waals surface area contributed by atoms with Gasteiger partial charge in [0.05, 0.1) is 16.2 Å². The minimum absolute atomic E-state index is 0.0734. The summed E-state index contributed by atoms with van der Waals surface area (Å²) in [4.78, 5) is 28.6. The first-order valence-corrected chi connectivity index (χ1v) is 23.3. The summed E-state index contributed by atoms with van der Waals surface area (Å²) in [6, 6.07) is 83.1. The number of benzene rings is 10. The van der Waals surface area contributed by atoms with Crippen molar-refractivity contribution in [2.24, 2.45) is 0 Å². The van der Waals surface area contributed by atoms with Crippen LogP contribution in [0.3, 0.4) is 0 Å². The molecule has 0 fully saturated rings. The number of carbonyl (C=O) groups is 2. The molecule has 5 aliphatic carbocycles. The van der Waals surface area contributed by atoms with Crippen molar-refractivity contribution in [3.05, 3.63) is 320 Å². The Morgan fingerprint density at radius 1 is 0.194 bits per heavy atom. The quantitative estimate of drug-likeness (QED) is 0.174. The van der Waals surface area contributed by atoms with Gasteiger partial charge >= 0.3 is 0 Å². The zero-order valence-electron chi connectivity index (χ0n) is 36.3. The molecule has 2 nitrogen and oxygen atoms in total. The topological polar surface area (TPSA) is 34.1 Å². The maximum Gasteiger partial charge on any atom is 0.193 e. The van der Waals surface area contributed by atoms with Crippen molar-refractivity contribution in [3.63, 3.8) is 0 Å². The molecular formula is C65H38O2. The van der Waals surface area contributed by atoms with E-state index in [1.165, 1.54) is 77.9 Å². The molecule has 0 aliphatic heterocycles. The van der Waals surface area contributed by atoms with E-state index >= 15 is 0 Å². The van der Waals surface area contributed by atoms with E-state index in [1.54, 1.807) is 0 Å². The highest BCUT2D eigenvalue weighted by Gasteiger charge is 2.55. The number of hydrogen-bond donors (Lipinski definition) is 0. The van der Waals surface area contributed by atoms with Gasteiger partial charge in [0.1, 0.15) is 0 Å². The summed E-state index contributed by atoms with van der Waals surface area (Å²) < 4.78 is 0. The molecule has 0 radical (unpaired) electrons. The van der Waals surface area contributed by atoms with Crippen LogP contribution in [0.15, 0.2) is 231 Å². The second kappa shape index (κ2) is 12.9. The van der Waals surface area contributed by atoms with Crippen LogP contribution in [0, 0.1) is 0 Å². The minimum atomic E-state index is -0.705. The van der Waals surface area contributed by atoms with Gasteiger partial charge in [-0.15, -0.1) is 0 Å². The summed E-state index contributed by atoms with van der Waals surface area (Å²) in [6.07, 6.45) is 0. The van der Waals surface area contributed by atoms with E-state index in [-0.39, 0.29) is 11.6 Å². The van der Waals surface area contributed by atoms with Crippen molar-refractivity contribution in [2.75, 3.05) is 0 Å². The first-order chi connectivity index (χ1) is 33.1. The predicted molar refractivity (Wildman–Crippen MR) is 265 cm³/mol. The fourth-order valence-electron chi connectivity index (χ4n) is 13.8. The van der Waals surface area contributed by atoms with E-state index in [4.69, 9.17) is 0 Å². The maximum absolute atomic E-state index is 14.3. The van der Waals surface area contributed by atoms with Crippen LogP contribution in [0.5, 0.6) is 0 Å². The highest BCUT2D eigenvalue weighted by molar-refractivity contribution is 6.16. The molecule has 0 saturated heterocycles. The first-order valence-electron chi connectivity index (χ1n) is 23.3. The Kier molecular flexibility index (Phi) is 7.08. The SMILES string of the molecule is O=C1c2ccccc2C2(c3ccccc31)c1ccccc1-c1cc(C3(c4ccc5c(c4)-c4ccccc4C54c5ccccc5C(=O)c5ccccc54)c4ccccc4-c4ccccc43)ccc12. The standard InChI is InChI=1S/C65H38O2/c66-61-45-21-5-13-29-55(45)64(56-30-14-6-22-46(56)61)53-27-11-3-19-43(53)49-37-39(33-35-59(49)64)63(51-25-9-1-17-41(51)42-18-2-10-26-52(42)63)40-34-36-60-50(38-40)44-20-4-12-28-54(44)65(60)57-31-15-7-23-47(57)62(67)48-24-8-16-32-58(48)65/h1-38H. The Morgan fingerprint density at radius 2 is 0.403 bits per heavy atom. The second-order valence-electron chi connectivity index (χ2n) is 18.8.